The highest BCUT2D eigenvalue weighted by Gasteiger charge is 2.31. The molecule has 2 aliphatic heterocycles. The number of hydrogen-bond donors (Lipinski definition) is 1. The number of amides is 2. The normalized spacial score (nSPS) is 13.5. The third-order valence-electron chi connectivity index (χ3n) is 7.19. The van der Waals surface area contributed by atoms with E-state index >= 15 is 0 Å². The molecule has 2 aromatic rings. The highest BCUT2D eigenvalue weighted by Crippen LogP contribution is 2.45. The van der Waals surface area contributed by atoms with Crippen LogP contribution in [0.15, 0.2) is 24.3 Å². The Morgan fingerprint density at radius 1 is 0.810 bits per heavy atom. The maximum absolute atomic E-state index is 12.5. The number of benzene rings is 2. The predicted octanol–water partition coefficient (Wildman–Crippen LogP) is 5.37. The molecule has 2 aromatic carbocycles. The van der Waals surface area contributed by atoms with E-state index in [4.69, 9.17) is 47.3 Å². The summed E-state index contributed by atoms with van der Waals surface area (Å²) in [6, 6.07) is 3.62. The van der Waals surface area contributed by atoms with E-state index in [1.165, 1.54) is 14.2 Å². The first-order valence-corrected chi connectivity index (χ1v) is 14.3. The molecule has 2 amide bonds. The van der Waals surface area contributed by atoms with Crippen LogP contribution < -0.4 is 18.9 Å². The van der Waals surface area contributed by atoms with Crippen molar-refractivity contribution in [2.75, 3.05) is 27.4 Å². The third kappa shape index (κ3) is 6.71. The lowest BCUT2D eigenvalue weighted by atomic mass is 10.1. The molecule has 0 spiro atoms. The summed E-state index contributed by atoms with van der Waals surface area (Å²) < 4.78 is 23.1. The smallest absolute Gasteiger partial charge is 0.303 e. The van der Waals surface area contributed by atoms with E-state index in [1.807, 2.05) is 13.0 Å². The van der Waals surface area contributed by atoms with Gasteiger partial charge in [-0.25, -0.2) is 0 Å². The van der Waals surface area contributed by atoms with E-state index in [0.29, 0.717) is 64.7 Å². The molecule has 0 aromatic heterocycles. The molecule has 0 saturated heterocycles. The van der Waals surface area contributed by atoms with Crippen molar-refractivity contribution < 1.29 is 38.4 Å². The number of halogens is 2. The number of aliphatic carboxylic acids is 1. The zero-order valence-corrected chi connectivity index (χ0v) is 25.4. The van der Waals surface area contributed by atoms with Crippen molar-refractivity contribution in [2.24, 2.45) is 0 Å². The van der Waals surface area contributed by atoms with E-state index < -0.39 is 5.97 Å². The van der Waals surface area contributed by atoms with Crippen LogP contribution in [-0.4, -0.2) is 60.1 Å². The fraction of sp³-hybridized carbons (Fsp3) is 0.433. The Balaban J connectivity index is 1.41. The summed E-state index contributed by atoms with van der Waals surface area (Å²) in [4.78, 5) is 39.1. The quantitative estimate of drug-likeness (QED) is 0.297. The van der Waals surface area contributed by atoms with E-state index in [-0.39, 0.29) is 44.4 Å². The lowest BCUT2D eigenvalue weighted by molar-refractivity contribution is -0.141. The largest absolute Gasteiger partial charge is 0.493 e. The first-order valence-electron chi connectivity index (χ1n) is 13.5. The van der Waals surface area contributed by atoms with Crippen molar-refractivity contribution in [3.8, 4) is 23.0 Å². The summed E-state index contributed by atoms with van der Waals surface area (Å²) in [5, 5.41) is 9.60. The van der Waals surface area contributed by atoms with E-state index in [0.717, 1.165) is 28.7 Å². The molecule has 0 bridgehead atoms. The number of carboxylic acids is 1. The van der Waals surface area contributed by atoms with Crippen LogP contribution in [0.2, 0.25) is 10.0 Å². The van der Waals surface area contributed by atoms with Gasteiger partial charge in [-0.05, 0) is 46.4 Å². The van der Waals surface area contributed by atoms with Crippen LogP contribution in [0.4, 0.5) is 0 Å². The van der Waals surface area contributed by atoms with Crippen molar-refractivity contribution in [3.05, 3.63) is 56.6 Å². The number of carboxylic acid groups (broad SMARTS) is 1. The lowest BCUT2D eigenvalue weighted by Crippen LogP contribution is -2.25. The van der Waals surface area contributed by atoms with Gasteiger partial charge < -0.3 is 33.9 Å². The number of fused-ring (bicyclic) bond motifs is 2. The summed E-state index contributed by atoms with van der Waals surface area (Å²) in [7, 11) is 3.02. The van der Waals surface area contributed by atoms with Crippen molar-refractivity contribution in [2.45, 2.75) is 58.8 Å². The maximum atomic E-state index is 12.5. The van der Waals surface area contributed by atoms with Gasteiger partial charge in [0.15, 0.2) is 23.0 Å². The van der Waals surface area contributed by atoms with Crippen molar-refractivity contribution in [1.29, 1.82) is 0 Å². The molecular formula is C30H34Cl2N2O8. The van der Waals surface area contributed by atoms with Gasteiger partial charge in [0.1, 0.15) is 13.2 Å². The SMILES string of the molecule is C=C(COc1c(OC)cc2c(c1Cl)CN(C(=O)CCC)C2)COc1c(OC)cc2c(c1Cl)CN(C(=O)CCC(=O)O)C2. The molecule has 2 aliphatic rings. The van der Waals surface area contributed by atoms with Crippen molar-refractivity contribution >= 4 is 41.0 Å². The lowest BCUT2D eigenvalue weighted by Gasteiger charge is -2.18. The van der Waals surface area contributed by atoms with Crippen LogP contribution in [0, 0.1) is 0 Å². The second-order valence-corrected chi connectivity index (χ2v) is 10.9. The summed E-state index contributed by atoms with van der Waals surface area (Å²) in [5.41, 5.74) is 3.88. The summed E-state index contributed by atoms with van der Waals surface area (Å²) in [6.45, 7) is 7.59. The predicted molar refractivity (Wildman–Crippen MR) is 156 cm³/mol. The van der Waals surface area contributed by atoms with Gasteiger partial charge >= 0.3 is 5.97 Å². The Kier molecular flexibility index (Phi) is 10.1. The fourth-order valence-corrected chi connectivity index (χ4v) is 5.64. The second kappa shape index (κ2) is 13.6. The molecule has 12 heteroatoms. The molecule has 42 heavy (non-hydrogen) atoms. The number of rotatable bonds is 13. The average Bonchev–Trinajstić information content (AvgIpc) is 3.60. The Morgan fingerprint density at radius 3 is 1.67 bits per heavy atom. The van der Waals surface area contributed by atoms with Crippen molar-refractivity contribution in [1.82, 2.24) is 9.80 Å². The van der Waals surface area contributed by atoms with Gasteiger partial charge in [0, 0.05) is 39.0 Å². The van der Waals surface area contributed by atoms with Crippen LogP contribution in [0.5, 0.6) is 23.0 Å². The summed E-state index contributed by atoms with van der Waals surface area (Å²) in [6.07, 6.45) is 0.932. The number of carbonyl (C=O) groups is 3. The van der Waals surface area contributed by atoms with Crippen LogP contribution in [0.3, 0.4) is 0 Å². The Bertz CT molecular complexity index is 1410. The number of methoxy groups -OCH3 is 2. The van der Waals surface area contributed by atoms with E-state index in [1.54, 1.807) is 15.9 Å². The van der Waals surface area contributed by atoms with Gasteiger partial charge in [0.05, 0.1) is 30.7 Å². The van der Waals surface area contributed by atoms with Crippen LogP contribution in [-0.2, 0) is 40.6 Å². The molecule has 2 heterocycles. The molecular weight excluding hydrogens is 587 g/mol. The van der Waals surface area contributed by atoms with Crippen LogP contribution in [0.1, 0.15) is 54.9 Å². The number of carbonyl (C=O) groups excluding carboxylic acids is 2. The minimum atomic E-state index is -1.03. The van der Waals surface area contributed by atoms with E-state index in [2.05, 4.69) is 6.58 Å². The third-order valence-corrected chi connectivity index (χ3v) is 7.99. The van der Waals surface area contributed by atoms with E-state index in [9.17, 15) is 14.4 Å². The Hall–Kier alpha value is -3.63. The Labute approximate surface area is 254 Å². The van der Waals surface area contributed by atoms with Crippen LogP contribution in [0.25, 0.3) is 0 Å². The topological polar surface area (TPSA) is 115 Å². The van der Waals surface area contributed by atoms with Gasteiger partial charge in [-0.1, -0.05) is 36.7 Å². The second-order valence-electron chi connectivity index (χ2n) is 10.2. The van der Waals surface area contributed by atoms with Crippen molar-refractivity contribution in [3.63, 3.8) is 0 Å². The molecule has 0 fully saturated rings. The molecule has 0 unspecified atom stereocenters. The number of hydrogen-bond acceptors (Lipinski definition) is 7. The highest BCUT2D eigenvalue weighted by atomic mass is 35.5. The molecule has 1 N–H and O–H groups in total. The Morgan fingerprint density at radius 2 is 1.26 bits per heavy atom. The summed E-state index contributed by atoms with van der Waals surface area (Å²) in [5.74, 6) is 0.323. The van der Waals surface area contributed by atoms with Gasteiger partial charge in [-0.3, -0.25) is 14.4 Å². The monoisotopic (exact) mass is 620 g/mol. The number of nitrogens with zero attached hydrogens (tertiary/aromatic N) is 2. The summed E-state index contributed by atoms with van der Waals surface area (Å²) >= 11 is 13.4. The van der Waals surface area contributed by atoms with Gasteiger partial charge in [-0.2, -0.15) is 0 Å². The molecule has 4 rings (SSSR count). The minimum Gasteiger partial charge on any atom is -0.493 e. The minimum absolute atomic E-state index is 0.0558. The van der Waals surface area contributed by atoms with Gasteiger partial charge in [-0.15, -0.1) is 0 Å². The molecule has 0 radical (unpaired) electrons. The average molecular weight is 622 g/mol. The molecule has 10 nitrogen and oxygen atoms in total. The van der Waals surface area contributed by atoms with Crippen LogP contribution >= 0.6 is 23.2 Å². The molecule has 0 aliphatic carbocycles. The molecule has 0 saturated carbocycles. The zero-order valence-electron chi connectivity index (χ0n) is 23.9. The first kappa shape index (κ1) is 31.3. The zero-order chi connectivity index (χ0) is 30.6. The standard InChI is InChI=1S/C30H34Cl2N2O8/c1-5-6-24(35)33-11-18-9-22(39-3)29(27(31)20(18)13-33)41-15-17(2)16-42-30-23(40-4)10-19-12-34(14-21(19)28(30)32)25(36)7-8-26(37)38/h9-10H,2,5-8,11-16H2,1,3-4H3,(H,37,38). The molecule has 0 atom stereocenters. The van der Waals surface area contributed by atoms with Gasteiger partial charge in [0.25, 0.3) is 0 Å². The first-order chi connectivity index (χ1) is 20.1. The number of ether oxygens (including phenoxy) is 4. The highest BCUT2D eigenvalue weighted by molar-refractivity contribution is 6.33. The maximum Gasteiger partial charge on any atom is 0.303 e. The fourth-order valence-electron chi connectivity index (χ4n) is 4.98. The molecule has 226 valence electrons. The van der Waals surface area contributed by atoms with Gasteiger partial charge in [0.2, 0.25) is 11.8 Å².